The van der Waals surface area contributed by atoms with Gasteiger partial charge in [-0.05, 0) is 32.1 Å². The van der Waals surface area contributed by atoms with Crippen LogP contribution in [-0.4, -0.2) is 73.4 Å². The Hall–Kier alpha value is -0.900. The minimum Gasteiger partial charge on any atom is -0.465 e. The predicted octanol–water partition coefficient (Wildman–Crippen LogP) is 0.405. The first-order valence-corrected chi connectivity index (χ1v) is 9.18. The van der Waals surface area contributed by atoms with Crippen LogP contribution in [0.15, 0.2) is 0 Å². The molecule has 128 valence electrons. The van der Waals surface area contributed by atoms with E-state index in [-0.39, 0.29) is 12.6 Å². The van der Waals surface area contributed by atoms with Gasteiger partial charge in [-0.2, -0.15) is 8.42 Å². The van der Waals surface area contributed by atoms with Crippen molar-refractivity contribution in [2.45, 2.75) is 49.9 Å². The smallest absolute Gasteiger partial charge is 0.407 e. The normalized spacial score (nSPS) is 29.3. The predicted molar refractivity (Wildman–Crippen MR) is 77.1 cm³/mol. The van der Waals surface area contributed by atoms with Crippen LogP contribution in [0.3, 0.4) is 0 Å². The van der Waals surface area contributed by atoms with E-state index < -0.39 is 27.9 Å². The number of hydrogen-bond donors (Lipinski definition) is 2. The van der Waals surface area contributed by atoms with Gasteiger partial charge < -0.3 is 19.8 Å². The van der Waals surface area contributed by atoms with Crippen LogP contribution in [0.5, 0.6) is 0 Å². The molecule has 2 saturated heterocycles. The number of nitrogens with zero attached hydrogens (tertiary/aromatic N) is 1. The molecule has 0 aromatic heterocycles. The maximum absolute atomic E-state index is 11.4. The summed E-state index contributed by atoms with van der Waals surface area (Å²) in [6.07, 6.45) is 1.40. The first-order chi connectivity index (χ1) is 10.2. The molecule has 8 nitrogen and oxygen atoms in total. The van der Waals surface area contributed by atoms with Gasteiger partial charge in [0.2, 0.25) is 0 Å². The molecule has 0 saturated carbocycles. The zero-order valence-electron chi connectivity index (χ0n) is 12.6. The van der Waals surface area contributed by atoms with Crippen molar-refractivity contribution in [1.29, 1.82) is 0 Å². The lowest BCUT2D eigenvalue weighted by atomic mass is 9.84. The number of piperidine rings is 1. The van der Waals surface area contributed by atoms with Gasteiger partial charge in [-0.1, -0.05) is 0 Å². The zero-order chi connectivity index (χ0) is 16.4. The van der Waals surface area contributed by atoms with Crippen LogP contribution in [0, 0.1) is 0 Å². The summed E-state index contributed by atoms with van der Waals surface area (Å²) in [5, 5.41) is 19.9. The Morgan fingerprint density at radius 1 is 1.36 bits per heavy atom. The fourth-order valence-corrected chi connectivity index (χ4v) is 3.81. The van der Waals surface area contributed by atoms with Crippen molar-refractivity contribution in [3.63, 3.8) is 0 Å². The second-order valence-electron chi connectivity index (χ2n) is 6.13. The van der Waals surface area contributed by atoms with Crippen LogP contribution < -0.4 is 0 Å². The molecule has 22 heavy (non-hydrogen) atoms. The summed E-state index contributed by atoms with van der Waals surface area (Å²) in [6, 6.07) is -0.333. The second-order valence-corrected chi connectivity index (χ2v) is 7.73. The monoisotopic (exact) mass is 337 g/mol. The van der Waals surface area contributed by atoms with Crippen LogP contribution in [0.2, 0.25) is 0 Å². The summed E-state index contributed by atoms with van der Waals surface area (Å²) in [7, 11) is -3.62. The molecule has 0 aromatic carbocycles. The highest BCUT2D eigenvalue weighted by Gasteiger charge is 2.39. The average molecular weight is 337 g/mol. The van der Waals surface area contributed by atoms with E-state index in [2.05, 4.69) is 0 Å². The van der Waals surface area contributed by atoms with Crippen molar-refractivity contribution in [2.24, 2.45) is 0 Å². The molecule has 2 atom stereocenters. The van der Waals surface area contributed by atoms with Crippen molar-refractivity contribution >= 4 is 16.2 Å². The molecular weight excluding hydrogens is 314 g/mol. The van der Waals surface area contributed by atoms with Gasteiger partial charge in [0.25, 0.3) is 10.1 Å². The molecule has 0 aliphatic carbocycles. The van der Waals surface area contributed by atoms with Crippen LogP contribution in [0.25, 0.3) is 0 Å². The third-order valence-corrected chi connectivity index (χ3v) is 4.88. The fraction of sp³-hybridized carbons (Fsp3) is 0.923. The first-order valence-electron chi connectivity index (χ1n) is 7.36. The molecule has 0 spiro atoms. The van der Waals surface area contributed by atoms with Crippen molar-refractivity contribution in [2.75, 3.05) is 26.0 Å². The van der Waals surface area contributed by atoms with Crippen LogP contribution in [0.4, 0.5) is 4.79 Å². The Kier molecular flexibility index (Phi) is 5.31. The number of hydrogen-bond acceptors (Lipinski definition) is 6. The quantitative estimate of drug-likeness (QED) is 0.714. The van der Waals surface area contributed by atoms with Crippen molar-refractivity contribution in [3.8, 4) is 0 Å². The molecule has 0 aromatic rings. The van der Waals surface area contributed by atoms with E-state index in [0.717, 1.165) is 6.26 Å². The molecule has 0 radical (unpaired) electrons. The number of likely N-dealkylation sites (tertiary alicyclic amines) is 1. The number of carboxylic acid groups (broad SMARTS) is 1. The molecule has 2 aliphatic rings. The Morgan fingerprint density at radius 2 is 2.00 bits per heavy atom. The molecule has 0 bridgehead atoms. The fourth-order valence-electron chi connectivity index (χ4n) is 3.16. The van der Waals surface area contributed by atoms with Crippen molar-refractivity contribution in [3.05, 3.63) is 0 Å². The lowest BCUT2D eigenvalue weighted by Gasteiger charge is -2.42. The van der Waals surface area contributed by atoms with Gasteiger partial charge in [0.1, 0.15) is 0 Å². The van der Waals surface area contributed by atoms with E-state index in [1.807, 2.05) is 0 Å². The van der Waals surface area contributed by atoms with E-state index in [1.54, 1.807) is 0 Å². The van der Waals surface area contributed by atoms with Crippen molar-refractivity contribution in [1.82, 2.24) is 4.90 Å². The topological polar surface area (TPSA) is 113 Å². The van der Waals surface area contributed by atoms with Crippen LogP contribution in [0.1, 0.15) is 32.1 Å². The van der Waals surface area contributed by atoms with Gasteiger partial charge >= 0.3 is 6.09 Å². The van der Waals surface area contributed by atoms with Gasteiger partial charge in [-0.15, -0.1) is 0 Å². The SMILES string of the molecule is CS(=O)(=O)O[C@@H]1CC[C@@H](CC2(O)CCOCC2)N(C(=O)O)C1. The highest BCUT2D eigenvalue weighted by molar-refractivity contribution is 7.86. The Morgan fingerprint density at radius 3 is 2.55 bits per heavy atom. The molecule has 9 heteroatoms. The maximum atomic E-state index is 11.4. The second kappa shape index (κ2) is 6.69. The lowest BCUT2D eigenvalue weighted by molar-refractivity contribution is -0.0847. The standard InChI is InChI=1S/C13H23NO7S/c1-22(18,19)21-11-3-2-10(14(9-11)12(15)16)8-13(17)4-6-20-7-5-13/h10-11,17H,2-9H2,1H3,(H,15,16)/t10-,11+/m0/s1. The number of amides is 1. The largest absolute Gasteiger partial charge is 0.465 e. The van der Waals surface area contributed by atoms with Crippen LogP contribution in [-0.2, 0) is 19.0 Å². The van der Waals surface area contributed by atoms with Gasteiger partial charge in [-0.3, -0.25) is 4.18 Å². The van der Waals surface area contributed by atoms with Gasteiger partial charge in [-0.25, -0.2) is 4.79 Å². The Labute approximate surface area is 130 Å². The molecule has 2 rings (SSSR count). The Bertz CT molecular complexity index is 501. The minimum atomic E-state index is -3.62. The molecule has 2 aliphatic heterocycles. The number of carbonyl (C=O) groups is 1. The van der Waals surface area contributed by atoms with Gasteiger partial charge in [0.15, 0.2) is 0 Å². The molecular formula is C13H23NO7S. The first kappa shape index (κ1) is 17.5. The molecule has 2 heterocycles. The van der Waals surface area contributed by atoms with E-state index >= 15 is 0 Å². The number of rotatable bonds is 4. The summed E-state index contributed by atoms with van der Waals surface area (Å²) in [4.78, 5) is 12.6. The Balaban J connectivity index is 2.01. The van der Waals surface area contributed by atoms with E-state index in [1.165, 1.54) is 4.90 Å². The summed E-state index contributed by atoms with van der Waals surface area (Å²) >= 11 is 0. The number of ether oxygens (including phenoxy) is 1. The van der Waals surface area contributed by atoms with Gasteiger partial charge in [0, 0.05) is 19.3 Å². The molecule has 2 fully saturated rings. The van der Waals surface area contributed by atoms with Crippen LogP contribution >= 0.6 is 0 Å². The summed E-state index contributed by atoms with van der Waals surface area (Å²) in [5.74, 6) is 0. The summed E-state index contributed by atoms with van der Waals surface area (Å²) < 4.78 is 32.5. The van der Waals surface area contributed by atoms with Crippen molar-refractivity contribution < 1.29 is 32.3 Å². The molecule has 1 amide bonds. The average Bonchev–Trinajstić information content (AvgIpc) is 2.39. The van der Waals surface area contributed by atoms with E-state index in [9.17, 15) is 23.4 Å². The lowest BCUT2D eigenvalue weighted by Crippen LogP contribution is -2.53. The third kappa shape index (κ3) is 4.80. The van der Waals surface area contributed by atoms with E-state index in [4.69, 9.17) is 8.92 Å². The molecule has 0 unspecified atom stereocenters. The highest BCUT2D eigenvalue weighted by atomic mass is 32.2. The maximum Gasteiger partial charge on any atom is 0.407 e. The highest BCUT2D eigenvalue weighted by Crippen LogP contribution is 2.32. The molecule has 2 N–H and O–H groups in total. The summed E-state index contributed by atoms with van der Waals surface area (Å²) in [6.45, 7) is 0.936. The third-order valence-electron chi connectivity index (χ3n) is 4.26. The van der Waals surface area contributed by atoms with E-state index in [0.29, 0.717) is 45.3 Å². The number of aliphatic hydroxyl groups is 1. The zero-order valence-corrected chi connectivity index (χ0v) is 13.4. The van der Waals surface area contributed by atoms with Gasteiger partial charge in [0.05, 0.1) is 24.5 Å². The summed E-state index contributed by atoms with van der Waals surface area (Å²) in [5.41, 5.74) is -0.916. The minimum absolute atomic E-state index is 0.000347.